The molecule has 29 heavy (non-hydrogen) atoms. The summed E-state index contributed by atoms with van der Waals surface area (Å²) in [6.07, 6.45) is 1.67. The molecule has 1 aromatic carbocycles. The fourth-order valence-corrected chi connectivity index (χ4v) is 5.16. The standard InChI is InChI=1S/C21H29N5O3/c1-13-7-23-15(8-22-13)17(27)25-20-10-21(11-20,12-20)26-18(28)16-9-24-19(29-16)14-5-3-2-4-6-14/h2-6,13,15-16,19,22-24H,7-12H2,1H3,(H,25,27)(H,26,28). The topological polar surface area (TPSA) is 104 Å². The van der Waals surface area contributed by atoms with E-state index in [1.807, 2.05) is 30.3 Å². The van der Waals surface area contributed by atoms with Gasteiger partial charge >= 0.3 is 0 Å². The molecule has 156 valence electrons. The zero-order valence-electron chi connectivity index (χ0n) is 16.7. The highest BCUT2D eigenvalue weighted by atomic mass is 16.5. The molecule has 4 unspecified atom stereocenters. The fraction of sp³-hybridized carbons (Fsp3) is 0.619. The van der Waals surface area contributed by atoms with E-state index in [9.17, 15) is 9.59 Å². The number of amides is 2. The third-order valence-electron chi connectivity index (χ3n) is 6.65. The van der Waals surface area contributed by atoms with Gasteiger partial charge in [0.25, 0.3) is 5.91 Å². The lowest BCUT2D eigenvalue weighted by atomic mass is 9.44. The maximum atomic E-state index is 12.7. The number of hydrogen-bond donors (Lipinski definition) is 5. The van der Waals surface area contributed by atoms with Gasteiger partial charge in [-0.3, -0.25) is 14.9 Å². The van der Waals surface area contributed by atoms with E-state index >= 15 is 0 Å². The SMILES string of the molecule is CC1CNC(C(=O)NC23CC(NC(=O)C4CNC(c5ccccc5)O4)(C2)C3)CN1. The lowest BCUT2D eigenvalue weighted by Crippen LogP contribution is -2.85. The van der Waals surface area contributed by atoms with Gasteiger partial charge in [-0.15, -0.1) is 0 Å². The highest BCUT2D eigenvalue weighted by Gasteiger charge is 2.69. The Morgan fingerprint density at radius 3 is 2.28 bits per heavy atom. The van der Waals surface area contributed by atoms with Crippen LogP contribution in [0.2, 0.25) is 0 Å². The highest BCUT2D eigenvalue weighted by Crippen LogP contribution is 2.60. The normalized spacial score (nSPS) is 40.4. The molecule has 3 aliphatic carbocycles. The number of rotatable bonds is 5. The van der Waals surface area contributed by atoms with Gasteiger partial charge in [-0.1, -0.05) is 30.3 Å². The second-order valence-corrected chi connectivity index (χ2v) is 9.16. The second-order valence-electron chi connectivity index (χ2n) is 9.16. The van der Waals surface area contributed by atoms with Crippen molar-refractivity contribution >= 4 is 11.8 Å². The Bertz CT molecular complexity index is 773. The van der Waals surface area contributed by atoms with Gasteiger partial charge in [-0.05, 0) is 31.7 Å². The summed E-state index contributed by atoms with van der Waals surface area (Å²) in [6, 6.07) is 10.1. The van der Waals surface area contributed by atoms with E-state index < -0.39 is 6.10 Å². The van der Waals surface area contributed by atoms with Gasteiger partial charge in [0.1, 0.15) is 6.23 Å². The predicted octanol–water partition coefficient (Wildman–Crippen LogP) is -0.469. The monoisotopic (exact) mass is 399 g/mol. The molecule has 5 N–H and O–H groups in total. The molecule has 8 heteroatoms. The lowest BCUT2D eigenvalue weighted by Gasteiger charge is -2.70. The summed E-state index contributed by atoms with van der Waals surface area (Å²) in [5, 5.41) is 16.2. The first-order chi connectivity index (χ1) is 14.0. The Hall–Kier alpha value is -2.00. The van der Waals surface area contributed by atoms with Crippen LogP contribution in [-0.4, -0.2) is 60.7 Å². The molecule has 4 atom stereocenters. The van der Waals surface area contributed by atoms with Crippen LogP contribution in [0.15, 0.2) is 30.3 Å². The zero-order valence-corrected chi connectivity index (χ0v) is 16.7. The quantitative estimate of drug-likeness (QED) is 0.459. The molecule has 8 nitrogen and oxygen atoms in total. The van der Waals surface area contributed by atoms with E-state index in [1.165, 1.54) is 0 Å². The van der Waals surface area contributed by atoms with Gasteiger partial charge in [0.2, 0.25) is 5.91 Å². The predicted molar refractivity (Wildman–Crippen MR) is 107 cm³/mol. The summed E-state index contributed by atoms with van der Waals surface area (Å²) in [7, 11) is 0. The van der Waals surface area contributed by atoms with Crippen LogP contribution in [-0.2, 0) is 14.3 Å². The minimum atomic E-state index is -0.487. The lowest BCUT2D eigenvalue weighted by molar-refractivity contribution is -0.156. The first-order valence-electron chi connectivity index (χ1n) is 10.5. The van der Waals surface area contributed by atoms with Gasteiger partial charge in [0, 0.05) is 36.8 Å². The van der Waals surface area contributed by atoms with Crippen molar-refractivity contribution in [1.29, 1.82) is 0 Å². The molecule has 2 heterocycles. The molecule has 5 aliphatic rings. The van der Waals surface area contributed by atoms with Gasteiger partial charge in [0.15, 0.2) is 6.10 Å². The Kier molecular flexibility index (Phi) is 4.62. The third kappa shape index (κ3) is 3.54. The Balaban J connectivity index is 1.08. The largest absolute Gasteiger partial charge is 0.349 e. The number of carbonyl (C=O) groups is 2. The van der Waals surface area contributed by atoms with Crippen molar-refractivity contribution in [1.82, 2.24) is 26.6 Å². The molecule has 5 fully saturated rings. The third-order valence-corrected chi connectivity index (χ3v) is 6.65. The van der Waals surface area contributed by atoms with E-state index in [0.717, 1.165) is 31.4 Å². The van der Waals surface area contributed by atoms with Gasteiger partial charge in [-0.25, -0.2) is 0 Å². The van der Waals surface area contributed by atoms with Crippen LogP contribution in [0.25, 0.3) is 0 Å². The van der Waals surface area contributed by atoms with Crippen molar-refractivity contribution < 1.29 is 14.3 Å². The van der Waals surface area contributed by atoms with Crippen molar-refractivity contribution in [2.24, 2.45) is 0 Å². The summed E-state index contributed by atoms with van der Waals surface area (Å²) < 4.78 is 5.91. The first kappa shape index (κ1) is 19.0. The molecule has 3 saturated carbocycles. The summed E-state index contributed by atoms with van der Waals surface area (Å²) in [5.74, 6) is -0.0132. The van der Waals surface area contributed by atoms with Crippen molar-refractivity contribution in [3.63, 3.8) is 0 Å². The van der Waals surface area contributed by atoms with E-state index in [1.54, 1.807) is 0 Å². The molecule has 0 spiro atoms. The number of hydrogen-bond acceptors (Lipinski definition) is 6. The minimum absolute atomic E-state index is 0.0538. The zero-order chi connectivity index (χ0) is 20.1. The van der Waals surface area contributed by atoms with Crippen LogP contribution in [0, 0.1) is 0 Å². The highest BCUT2D eigenvalue weighted by molar-refractivity contribution is 5.85. The Labute approximate surface area is 170 Å². The van der Waals surface area contributed by atoms with Crippen LogP contribution in [0.1, 0.15) is 38.0 Å². The summed E-state index contributed by atoms with van der Waals surface area (Å²) >= 11 is 0. The summed E-state index contributed by atoms with van der Waals surface area (Å²) in [5.41, 5.74) is 0.706. The average Bonchev–Trinajstić information content (AvgIpc) is 3.17. The fourth-order valence-electron chi connectivity index (χ4n) is 5.16. The number of ether oxygens (including phenoxy) is 1. The molecule has 0 radical (unpaired) electrons. The maximum absolute atomic E-state index is 12.7. The van der Waals surface area contributed by atoms with Crippen molar-refractivity contribution in [2.45, 2.75) is 61.7 Å². The van der Waals surface area contributed by atoms with Gasteiger partial charge in [0.05, 0.1) is 6.04 Å². The van der Waals surface area contributed by atoms with Gasteiger partial charge < -0.3 is 26.0 Å². The molecule has 1 aromatic rings. The number of piperazine rings is 1. The number of benzene rings is 1. The van der Waals surface area contributed by atoms with Crippen LogP contribution in [0.4, 0.5) is 0 Å². The molecule has 2 saturated heterocycles. The minimum Gasteiger partial charge on any atom is -0.349 e. The Morgan fingerprint density at radius 1 is 0.931 bits per heavy atom. The molecule has 0 aromatic heterocycles. The van der Waals surface area contributed by atoms with Crippen LogP contribution in [0.3, 0.4) is 0 Å². The van der Waals surface area contributed by atoms with E-state index in [4.69, 9.17) is 4.74 Å². The van der Waals surface area contributed by atoms with E-state index in [0.29, 0.717) is 19.1 Å². The molecular formula is C21H29N5O3. The average molecular weight is 399 g/mol. The maximum Gasteiger partial charge on any atom is 0.250 e. The van der Waals surface area contributed by atoms with Crippen molar-refractivity contribution in [2.75, 3.05) is 19.6 Å². The first-order valence-corrected chi connectivity index (χ1v) is 10.5. The van der Waals surface area contributed by atoms with Crippen LogP contribution in [0.5, 0.6) is 0 Å². The molecule has 2 amide bonds. The Morgan fingerprint density at radius 2 is 1.62 bits per heavy atom. The van der Waals surface area contributed by atoms with Crippen LogP contribution >= 0.6 is 0 Å². The van der Waals surface area contributed by atoms with Gasteiger partial charge in [-0.2, -0.15) is 0 Å². The summed E-state index contributed by atoms with van der Waals surface area (Å²) in [4.78, 5) is 25.2. The second kappa shape index (κ2) is 7.05. The summed E-state index contributed by atoms with van der Waals surface area (Å²) in [6.45, 7) is 4.05. The molecule has 6 rings (SSSR count). The number of carbonyl (C=O) groups excluding carboxylic acids is 2. The van der Waals surface area contributed by atoms with E-state index in [-0.39, 0.29) is 35.2 Å². The van der Waals surface area contributed by atoms with Crippen molar-refractivity contribution in [3.8, 4) is 0 Å². The molecule has 2 aliphatic heterocycles. The number of nitrogens with one attached hydrogen (secondary N) is 5. The molecular weight excluding hydrogens is 370 g/mol. The van der Waals surface area contributed by atoms with Crippen molar-refractivity contribution in [3.05, 3.63) is 35.9 Å². The smallest absolute Gasteiger partial charge is 0.250 e. The van der Waals surface area contributed by atoms with E-state index in [2.05, 4.69) is 33.5 Å². The van der Waals surface area contributed by atoms with Crippen LogP contribution < -0.4 is 26.6 Å². The molecule has 2 bridgehead atoms.